The topological polar surface area (TPSA) is 29.0 Å². The zero-order valence-electron chi connectivity index (χ0n) is 12.3. The van der Waals surface area contributed by atoms with Crippen LogP contribution in [0.15, 0.2) is 79.4 Å². The van der Waals surface area contributed by atoms with E-state index in [0.29, 0.717) is 0 Å². The zero-order valence-corrected chi connectivity index (χ0v) is 12.3. The fraction of sp³-hybridized carbons (Fsp3) is 0.111. The molecule has 3 aromatic rings. The predicted octanol–water partition coefficient (Wildman–Crippen LogP) is 4.97. The smallest absolute Gasteiger partial charge is 0.0492 e. The van der Waals surface area contributed by atoms with E-state index in [9.17, 15) is 0 Å². The molecule has 0 atom stereocenters. The molecule has 0 amide bonds. The van der Waals surface area contributed by atoms with Crippen molar-refractivity contribution in [2.24, 2.45) is 0 Å². The normalized spacial score (nSPS) is 9.43. The van der Waals surface area contributed by atoms with Crippen molar-refractivity contribution in [2.45, 2.75) is 13.8 Å². The maximum atomic E-state index is 4.08. The van der Waals surface area contributed by atoms with E-state index in [2.05, 4.69) is 27.0 Å². The summed E-state index contributed by atoms with van der Waals surface area (Å²) < 4.78 is 0. The Morgan fingerprint density at radius 2 is 0.952 bits per heavy atom. The van der Waals surface area contributed by atoms with Gasteiger partial charge in [-0.2, -0.15) is 0 Å². The van der Waals surface area contributed by atoms with Crippen molar-refractivity contribution in [3.8, 4) is 0 Å². The van der Waals surface area contributed by atoms with Crippen molar-refractivity contribution in [2.75, 3.05) is 4.90 Å². The number of hydrogen-bond acceptors (Lipinski definition) is 3. The van der Waals surface area contributed by atoms with Gasteiger partial charge < -0.3 is 4.90 Å². The number of rotatable bonds is 3. The molecule has 0 spiro atoms. The van der Waals surface area contributed by atoms with Crippen LogP contribution in [0.4, 0.5) is 17.1 Å². The van der Waals surface area contributed by atoms with Gasteiger partial charge in [-0.1, -0.05) is 32.0 Å². The summed E-state index contributed by atoms with van der Waals surface area (Å²) in [5.41, 5.74) is 3.26. The van der Waals surface area contributed by atoms with Gasteiger partial charge in [0.25, 0.3) is 0 Å². The minimum Gasteiger partial charge on any atom is -0.310 e. The number of anilines is 3. The molecule has 3 heteroatoms. The minimum absolute atomic E-state index is 1.08. The Hall–Kier alpha value is -2.68. The largest absolute Gasteiger partial charge is 0.310 e. The van der Waals surface area contributed by atoms with E-state index in [4.69, 9.17) is 0 Å². The number of pyridine rings is 2. The number of aromatic nitrogens is 2. The van der Waals surface area contributed by atoms with Gasteiger partial charge in [-0.15, -0.1) is 0 Å². The van der Waals surface area contributed by atoms with Gasteiger partial charge in [0.2, 0.25) is 0 Å². The molecule has 0 fully saturated rings. The summed E-state index contributed by atoms with van der Waals surface area (Å²) in [6.07, 6.45) is 7.19. The van der Waals surface area contributed by atoms with Crippen molar-refractivity contribution < 1.29 is 0 Å². The Labute approximate surface area is 125 Å². The summed E-state index contributed by atoms with van der Waals surface area (Å²) in [5.74, 6) is 0. The van der Waals surface area contributed by atoms with Crippen LogP contribution in [0.5, 0.6) is 0 Å². The minimum atomic E-state index is 1.08. The molecule has 3 rings (SSSR count). The van der Waals surface area contributed by atoms with Crippen molar-refractivity contribution in [3.05, 3.63) is 79.4 Å². The van der Waals surface area contributed by atoms with Crippen molar-refractivity contribution in [1.82, 2.24) is 9.97 Å². The lowest BCUT2D eigenvalue weighted by Crippen LogP contribution is -2.09. The molecular weight excluding hydrogens is 258 g/mol. The molecule has 0 unspecified atom stereocenters. The van der Waals surface area contributed by atoms with Gasteiger partial charge in [0.1, 0.15) is 0 Å². The van der Waals surface area contributed by atoms with Gasteiger partial charge in [-0.3, -0.25) is 9.97 Å². The summed E-state index contributed by atoms with van der Waals surface area (Å²) in [4.78, 5) is 10.3. The number of benzene rings is 1. The van der Waals surface area contributed by atoms with E-state index < -0.39 is 0 Å². The second-order valence-corrected chi connectivity index (χ2v) is 4.08. The third kappa shape index (κ3) is 3.66. The Morgan fingerprint density at radius 1 is 0.571 bits per heavy atom. The number of nitrogens with zero attached hydrogens (tertiary/aromatic N) is 3. The van der Waals surface area contributed by atoms with Crippen LogP contribution in [0, 0.1) is 0 Å². The standard InChI is InChI=1S/C16H13N3.C2H6/c1-2-4-14(5-3-1)19(15-6-10-17-11-7-15)16-8-12-18-13-9-16;1-2/h1-13H;1-2H3. The molecule has 0 saturated heterocycles. The zero-order chi connectivity index (χ0) is 14.9. The van der Waals surface area contributed by atoms with E-state index in [0.717, 1.165) is 17.1 Å². The van der Waals surface area contributed by atoms with Crippen molar-refractivity contribution in [1.29, 1.82) is 0 Å². The molecule has 106 valence electrons. The van der Waals surface area contributed by atoms with Crippen LogP contribution in [0.1, 0.15) is 13.8 Å². The Kier molecular flexibility index (Phi) is 5.47. The lowest BCUT2D eigenvalue weighted by Gasteiger charge is -2.24. The van der Waals surface area contributed by atoms with Gasteiger partial charge in [0, 0.05) is 41.8 Å². The SMILES string of the molecule is CC.c1ccc(N(c2ccncc2)c2ccncc2)cc1. The van der Waals surface area contributed by atoms with Crippen LogP contribution in [0.2, 0.25) is 0 Å². The molecule has 2 heterocycles. The van der Waals surface area contributed by atoms with Crippen LogP contribution in [-0.4, -0.2) is 9.97 Å². The predicted molar refractivity (Wildman–Crippen MR) is 88.1 cm³/mol. The van der Waals surface area contributed by atoms with Crippen LogP contribution in [0.25, 0.3) is 0 Å². The molecular formula is C18H19N3. The van der Waals surface area contributed by atoms with Gasteiger partial charge in [0.05, 0.1) is 0 Å². The summed E-state index contributed by atoms with van der Waals surface area (Å²) in [6.45, 7) is 4.00. The quantitative estimate of drug-likeness (QED) is 0.676. The monoisotopic (exact) mass is 277 g/mol. The molecule has 0 N–H and O–H groups in total. The average molecular weight is 277 g/mol. The van der Waals surface area contributed by atoms with Gasteiger partial charge >= 0.3 is 0 Å². The van der Waals surface area contributed by atoms with Crippen LogP contribution in [-0.2, 0) is 0 Å². The van der Waals surface area contributed by atoms with E-state index in [1.165, 1.54) is 0 Å². The highest BCUT2D eigenvalue weighted by Crippen LogP contribution is 2.32. The maximum Gasteiger partial charge on any atom is 0.0492 e. The lowest BCUT2D eigenvalue weighted by atomic mass is 10.2. The Morgan fingerprint density at radius 3 is 1.38 bits per heavy atom. The Bertz CT molecular complexity index is 530. The molecule has 0 radical (unpaired) electrons. The molecule has 0 aliphatic carbocycles. The third-order valence-corrected chi connectivity index (χ3v) is 2.86. The van der Waals surface area contributed by atoms with E-state index >= 15 is 0 Å². The number of hydrogen-bond donors (Lipinski definition) is 0. The summed E-state index contributed by atoms with van der Waals surface area (Å²) in [5, 5.41) is 0. The fourth-order valence-corrected chi connectivity index (χ4v) is 2.01. The highest BCUT2D eigenvalue weighted by Gasteiger charge is 2.10. The second-order valence-electron chi connectivity index (χ2n) is 4.08. The lowest BCUT2D eigenvalue weighted by molar-refractivity contribution is 1.22. The van der Waals surface area contributed by atoms with Gasteiger partial charge in [-0.05, 0) is 36.4 Å². The van der Waals surface area contributed by atoms with Gasteiger partial charge in [-0.25, -0.2) is 0 Å². The van der Waals surface area contributed by atoms with E-state index in [1.807, 2.05) is 56.3 Å². The van der Waals surface area contributed by atoms with Crippen molar-refractivity contribution in [3.63, 3.8) is 0 Å². The summed E-state index contributed by atoms with van der Waals surface area (Å²) in [6, 6.07) is 18.2. The first-order valence-corrected chi connectivity index (χ1v) is 7.10. The molecule has 0 bridgehead atoms. The molecule has 0 aliphatic heterocycles. The highest BCUT2D eigenvalue weighted by atomic mass is 15.1. The van der Waals surface area contributed by atoms with Crippen LogP contribution >= 0.6 is 0 Å². The Balaban J connectivity index is 0.000000774. The van der Waals surface area contributed by atoms with Crippen molar-refractivity contribution >= 4 is 17.1 Å². The first-order valence-electron chi connectivity index (χ1n) is 7.10. The fourth-order valence-electron chi connectivity index (χ4n) is 2.01. The van der Waals surface area contributed by atoms with Gasteiger partial charge in [0.15, 0.2) is 0 Å². The molecule has 2 aromatic heterocycles. The van der Waals surface area contributed by atoms with Crippen LogP contribution in [0.3, 0.4) is 0 Å². The van der Waals surface area contributed by atoms with E-state index in [1.54, 1.807) is 24.8 Å². The summed E-state index contributed by atoms with van der Waals surface area (Å²) >= 11 is 0. The third-order valence-electron chi connectivity index (χ3n) is 2.86. The van der Waals surface area contributed by atoms with E-state index in [-0.39, 0.29) is 0 Å². The molecule has 21 heavy (non-hydrogen) atoms. The first kappa shape index (κ1) is 14.7. The van der Waals surface area contributed by atoms with Crippen LogP contribution < -0.4 is 4.90 Å². The average Bonchev–Trinajstić information content (AvgIpc) is 2.60. The number of para-hydroxylation sites is 1. The molecule has 3 nitrogen and oxygen atoms in total. The molecule has 0 saturated carbocycles. The molecule has 1 aromatic carbocycles. The second kappa shape index (κ2) is 7.80. The molecule has 0 aliphatic rings. The highest BCUT2D eigenvalue weighted by molar-refractivity contribution is 5.75. The first-order chi connectivity index (χ1) is 10.4. The summed E-state index contributed by atoms with van der Waals surface area (Å²) in [7, 11) is 0. The maximum absolute atomic E-state index is 4.08.